The van der Waals surface area contributed by atoms with Crippen LogP contribution in [0.15, 0.2) is 41.0 Å². The maximum absolute atomic E-state index is 12.9. The second kappa shape index (κ2) is 8.92. The third-order valence-electron chi connectivity index (χ3n) is 6.12. The zero-order valence-corrected chi connectivity index (χ0v) is 17.8. The molecule has 0 bridgehead atoms. The van der Waals surface area contributed by atoms with Crippen LogP contribution in [0.4, 0.5) is 11.4 Å². The largest absolute Gasteiger partial charge is 0.459 e. The van der Waals surface area contributed by atoms with Gasteiger partial charge in [0.25, 0.3) is 5.91 Å². The number of nitrogens with one attached hydrogen (secondary N) is 1. The van der Waals surface area contributed by atoms with Gasteiger partial charge < -0.3 is 24.4 Å². The van der Waals surface area contributed by atoms with Crippen LogP contribution >= 0.6 is 0 Å². The highest BCUT2D eigenvalue weighted by Gasteiger charge is 2.30. The number of aryl methyl sites for hydroxylation is 1. The van der Waals surface area contributed by atoms with Gasteiger partial charge in [-0.2, -0.15) is 0 Å². The lowest BCUT2D eigenvalue weighted by atomic mass is 9.96. The summed E-state index contributed by atoms with van der Waals surface area (Å²) < 4.78 is 5.22. The van der Waals surface area contributed by atoms with Gasteiger partial charge in [-0.05, 0) is 62.7 Å². The Bertz CT molecular complexity index is 888. The lowest BCUT2D eigenvalue weighted by molar-refractivity contribution is -0.121. The van der Waals surface area contributed by atoms with E-state index < -0.39 is 0 Å². The molecule has 4 rings (SSSR count). The predicted molar refractivity (Wildman–Crippen MR) is 117 cm³/mol. The number of hydrogen-bond donors (Lipinski definition) is 1. The van der Waals surface area contributed by atoms with E-state index >= 15 is 0 Å². The molecule has 2 aromatic rings. The van der Waals surface area contributed by atoms with Gasteiger partial charge in [-0.3, -0.25) is 9.59 Å². The average molecular weight is 411 g/mol. The highest BCUT2D eigenvalue weighted by Crippen LogP contribution is 2.26. The van der Waals surface area contributed by atoms with Crippen LogP contribution in [-0.4, -0.2) is 67.9 Å². The lowest BCUT2D eigenvalue weighted by Gasteiger charge is -2.35. The first-order valence-electron chi connectivity index (χ1n) is 10.7. The van der Waals surface area contributed by atoms with Crippen molar-refractivity contribution >= 4 is 23.2 Å². The highest BCUT2D eigenvalue weighted by molar-refractivity contribution is 5.95. The van der Waals surface area contributed by atoms with E-state index in [1.165, 1.54) is 12.0 Å². The minimum atomic E-state index is -0.213. The molecular formula is C23H30N4O3. The Morgan fingerprint density at radius 3 is 2.60 bits per heavy atom. The van der Waals surface area contributed by atoms with Gasteiger partial charge in [0.15, 0.2) is 5.76 Å². The van der Waals surface area contributed by atoms with Crippen molar-refractivity contribution in [3.8, 4) is 0 Å². The van der Waals surface area contributed by atoms with Crippen LogP contribution in [0, 0.1) is 12.8 Å². The number of anilines is 2. The molecule has 160 valence electrons. The van der Waals surface area contributed by atoms with E-state index in [0.29, 0.717) is 18.8 Å². The lowest BCUT2D eigenvalue weighted by Crippen LogP contribution is -2.44. The maximum Gasteiger partial charge on any atom is 0.289 e. The molecule has 1 N–H and O–H groups in total. The smallest absolute Gasteiger partial charge is 0.289 e. The van der Waals surface area contributed by atoms with Crippen molar-refractivity contribution in [2.24, 2.45) is 5.92 Å². The van der Waals surface area contributed by atoms with Crippen LogP contribution in [0.1, 0.15) is 29.0 Å². The summed E-state index contributed by atoms with van der Waals surface area (Å²) in [5.41, 5.74) is 3.20. The van der Waals surface area contributed by atoms with E-state index in [9.17, 15) is 9.59 Å². The number of nitrogens with zero attached hydrogens (tertiary/aromatic N) is 3. The standard InChI is InChI=1S/C23H30N4O3/c1-17-15-19(7-8-20(17)26-12-10-25(2)11-13-26)24-22(28)18-5-3-9-27(16-18)23(29)21-6-4-14-30-21/h4,6-8,14-15,18H,3,5,9-13,16H2,1-2H3,(H,24,28)/t18-/m1/s1. The van der Waals surface area contributed by atoms with Crippen molar-refractivity contribution in [1.29, 1.82) is 0 Å². The van der Waals surface area contributed by atoms with Gasteiger partial charge in [0.05, 0.1) is 12.2 Å². The van der Waals surface area contributed by atoms with Crippen molar-refractivity contribution in [3.63, 3.8) is 0 Å². The molecule has 0 unspecified atom stereocenters. The number of carbonyl (C=O) groups is 2. The first-order valence-corrected chi connectivity index (χ1v) is 10.7. The van der Waals surface area contributed by atoms with Crippen LogP contribution in [0.3, 0.4) is 0 Å². The number of piperazine rings is 1. The number of hydrogen-bond acceptors (Lipinski definition) is 5. The number of amides is 2. The minimum Gasteiger partial charge on any atom is -0.459 e. The zero-order valence-electron chi connectivity index (χ0n) is 17.8. The summed E-state index contributed by atoms with van der Waals surface area (Å²) in [5, 5.41) is 3.06. The second-order valence-electron chi connectivity index (χ2n) is 8.35. The van der Waals surface area contributed by atoms with Crippen molar-refractivity contribution in [3.05, 3.63) is 47.9 Å². The van der Waals surface area contributed by atoms with Crippen LogP contribution in [-0.2, 0) is 4.79 Å². The average Bonchev–Trinajstić information content (AvgIpc) is 3.29. The molecule has 0 saturated carbocycles. The highest BCUT2D eigenvalue weighted by atomic mass is 16.3. The second-order valence-corrected chi connectivity index (χ2v) is 8.35. The number of benzene rings is 1. The number of likely N-dealkylation sites (tertiary alicyclic amines) is 1. The molecule has 1 atom stereocenters. The summed E-state index contributed by atoms with van der Waals surface area (Å²) in [5.74, 6) is -0.0648. The summed E-state index contributed by atoms with van der Waals surface area (Å²) in [7, 11) is 2.15. The van der Waals surface area contributed by atoms with Crippen molar-refractivity contribution in [1.82, 2.24) is 9.80 Å². The molecule has 2 aliphatic heterocycles. The third kappa shape index (κ3) is 4.51. The monoisotopic (exact) mass is 410 g/mol. The molecule has 2 saturated heterocycles. The van der Waals surface area contributed by atoms with Gasteiger partial charge in [0.2, 0.25) is 5.91 Å². The molecular weight excluding hydrogens is 380 g/mol. The molecule has 2 fully saturated rings. The molecule has 0 spiro atoms. The van der Waals surface area contributed by atoms with E-state index in [-0.39, 0.29) is 17.7 Å². The Kier molecular flexibility index (Phi) is 6.08. The predicted octanol–water partition coefficient (Wildman–Crippen LogP) is 2.83. The molecule has 2 amide bonds. The SMILES string of the molecule is Cc1cc(NC(=O)[C@@H]2CCCN(C(=O)c3ccco3)C2)ccc1N1CCN(C)CC1. The van der Waals surface area contributed by atoms with E-state index in [1.54, 1.807) is 17.0 Å². The fourth-order valence-corrected chi connectivity index (χ4v) is 4.31. The first kappa shape index (κ1) is 20.5. The summed E-state index contributed by atoms with van der Waals surface area (Å²) >= 11 is 0. The first-order chi connectivity index (χ1) is 14.5. The molecule has 30 heavy (non-hydrogen) atoms. The minimum absolute atomic E-state index is 0.0290. The fraction of sp³-hybridized carbons (Fsp3) is 0.478. The van der Waals surface area contributed by atoms with Gasteiger partial charge in [-0.1, -0.05) is 0 Å². The summed E-state index contributed by atoms with van der Waals surface area (Å²) in [6.07, 6.45) is 3.09. The quantitative estimate of drug-likeness (QED) is 0.840. The van der Waals surface area contributed by atoms with Crippen LogP contribution in [0.2, 0.25) is 0 Å². The van der Waals surface area contributed by atoms with Gasteiger partial charge >= 0.3 is 0 Å². The fourth-order valence-electron chi connectivity index (χ4n) is 4.31. The summed E-state index contributed by atoms with van der Waals surface area (Å²) in [6.45, 7) is 7.33. The summed E-state index contributed by atoms with van der Waals surface area (Å²) in [6, 6.07) is 9.49. The molecule has 1 aromatic heterocycles. The number of carbonyl (C=O) groups excluding carboxylic acids is 2. The summed E-state index contributed by atoms with van der Waals surface area (Å²) in [4.78, 5) is 31.9. The maximum atomic E-state index is 12.9. The van der Waals surface area contributed by atoms with E-state index in [1.807, 2.05) is 12.1 Å². The number of piperidine rings is 1. The molecule has 3 heterocycles. The molecule has 0 radical (unpaired) electrons. The van der Waals surface area contributed by atoms with Gasteiger partial charge in [0, 0.05) is 50.6 Å². The molecule has 7 nitrogen and oxygen atoms in total. The number of likely N-dealkylation sites (N-methyl/N-ethyl adjacent to an activating group) is 1. The van der Waals surface area contributed by atoms with Gasteiger partial charge in [0.1, 0.15) is 0 Å². The molecule has 2 aliphatic rings. The van der Waals surface area contributed by atoms with Crippen LogP contribution in [0.25, 0.3) is 0 Å². The molecule has 7 heteroatoms. The zero-order chi connectivity index (χ0) is 21.1. The third-order valence-corrected chi connectivity index (χ3v) is 6.12. The Morgan fingerprint density at radius 1 is 1.10 bits per heavy atom. The topological polar surface area (TPSA) is 69.0 Å². The Balaban J connectivity index is 1.37. The number of rotatable bonds is 4. The molecule has 1 aromatic carbocycles. The Morgan fingerprint density at radius 2 is 1.90 bits per heavy atom. The van der Waals surface area contributed by atoms with Gasteiger partial charge in [-0.25, -0.2) is 0 Å². The van der Waals surface area contributed by atoms with Crippen molar-refractivity contribution in [2.45, 2.75) is 19.8 Å². The van der Waals surface area contributed by atoms with Crippen LogP contribution < -0.4 is 10.2 Å². The normalized spacial score (nSPS) is 20.3. The van der Waals surface area contributed by atoms with Crippen LogP contribution in [0.5, 0.6) is 0 Å². The Labute approximate surface area is 177 Å². The van der Waals surface area contributed by atoms with E-state index in [2.05, 4.69) is 35.2 Å². The Hall–Kier alpha value is -2.80. The van der Waals surface area contributed by atoms with Crippen molar-refractivity contribution < 1.29 is 14.0 Å². The van der Waals surface area contributed by atoms with Crippen molar-refractivity contribution in [2.75, 3.05) is 56.5 Å². The van der Waals surface area contributed by atoms with Gasteiger partial charge in [-0.15, -0.1) is 0 Å². The number of furan rings is 1. The van der Waals surface area contributed by atoms with E-state index in [0.717, 1.165) is 50.3 Å². The van der Waals surface area contributed by atoms with E-state index in [4.69, 9.17) is 4.42 Å². The molecule has 0 aliphatic carbocycles.